The maximum atomic E-state index is 5.49. The van der Waals surface area contributed by atoms with Crippen LogP contribution in [0, 0.1) is 0 Å². The van der Waals surface area contributed by atoms with E-state index in [0.717, 1.165) is 23.3 Å². The molecule has 0 saturated heterocycles. The monoisotopic (exact) mass is 229 g/mol. The fraction of sp³-hybridized carbons (Fsp3) is 0.556. The van der Waals surface area contributed by atoms with Crippen molar-refractivity contribution in [2.45, 2.75) is 25.3 Å². The third kappa shape index (κ3) is 1.43. The number of likely N-dealkylation sites (N-methyl/N-ethyl adjacent to an activating group) is 1. The molecule has 0 radical (unpaired) electrons. The second kappa shape index (κ2) is 3.23. The van der Waals surface area contributed by atoms with Gasteiger partial charge in [0.15, 0.2) is 4.67 Å². The summed E-state index contributed by atoms with van der Waals surface area (Å²) in [5, 5.41) is 3.30. The molecular formula is C9H12BrNO. The van der Waals surface area contributed by atoms with Crippen LogP contribution in [0.4, 0.5) is 0 Å². The zero-order valence-corrected chi connectivity index (χ0v) is 8.65. The predicted molar refractivity (Wildman–Crippen MR) is 51.3 cm³/mol. The smallest absolute Gasteiger partial charge is 0.169 e. The maximum Gasteiger partial charge on any atom is 0.169 e. The van der Waals surface area contributed by atoms with Crippen LogP contribution in [0.5, 0.6) is 0 Å². The Balaban J connectivity index is 2.22. The Kier molecular flexibility index (Phi) is 2.24. The molecule has 12 heavy (non-hydrogen) atoms. The Morgan fingerprint density at radius 2 is 2.50 bits per heavy atom. The SMILES string of the molecule is CNC1CCc2oc(Br)cc2C1. The van der Waals surface area contributed by atoms with Gasteiger partial charge in [-0.1, -0.05) is 0 Å². The van der Waals surface area contributed by atoms with Gasteiger partial charge >= 0.3 is 0 Å². The van der Waals surface area contributed by atoms with Gasteiger partial charge < -0.3 is 9.73 Å². The van der Waals surface area contributed by atoms with Crippen LogP contribution in [-0.4, -0.2) is 13.1 Å². The summed E-state index contributed by atoms with van der Waals surface area (Å²) in [6, 6.07) is 2.71. The minimum Gasteiger partial charge on any atom is -0.454 e. The van der Waals surface area contributed by atoms with Crippen molar-refractivity contribution in [3.63, 3.8) is 0 Å². The fourth-order valence-corrected chi connectivity index (χ4v) is 2.21. The van der Waals surface area contributed by atoms with Crippen LogP contribution >= 0.6 is 15.9 Å². The van der Waals surface area contributed by atoms with E-state index in [2.05, 4.69) is 27.3 Å². The van der Waals surface area contributed by atoms with Gasteiger partial charge in [-0.15, -0.1) is 0 Å². The molecular weight excluding hydrogens is 218 g/mol. The molecule has 1 unspecified atom stereocenters. The molecule has 2 nitrogen and oxygen atoms in total. The molecule has 0 aromatic carbocycles. The molecule has 1 aromatic rings. The van der Waals surface area contributed by atoms with E-state index in [1.165, 1.54) is 12.0 Å². The number of hydrogen-bond acceptors (Lipinski definition) is 2. The van der Waals surface area contributed by atoms with Crippen molar-refractivity contribution in [3.05, 3.63) is 22.1 Å². The summed E-state index contributed by atoms with van der Waals surface area (Å²) in [4.78, 5) is 0. The topological polar surface area (TPSA) is 25.2 Å². The highest BCUT2D eigenvalue weighted by atomic mass is 79.9. The van der Waals surface area contributed by atoms with E-state index < -0.39 is 0 Å². The molecule has 2 rings (SSSR count). The molecule has 0 aliphatic heterocycles. The Bertz CT molecular complexity index is 282. The third-order valence-electron chi connectivity index (χ3n) is 2.46. The first-order valence-corrected chi connectivity index (χ1v) is 5.03. The summed E-state index contributed by atoms with van der Waals surface area (Å²) in [6.45, 7) is 0. The van der Waals surface area contributed by atoms with Gasteiger partial charge in [-0.05, 0) is 47.4 Å². The summed E-state index contributed by atoms with van der Waals surface area (Å²) in [7, 11) is 2.02. The van der Waals surface area contributed by atoms with Crippen molar-refractivity contribution in [2.75, 3.05) is 7.05 Å². The Labute approximate surface area is 80.5 Å². The maximum absolute atomic E-state index is 5.49. The minimum atomic E-state index is 0.627. The van der Waals surface area contributed by atoms with Crippen molar-refractivity contribution < 1.29 is 4.42 Å². The van der Waals surface area contributed by atoms with Gasteiger partial charge in [0, 0.05) is 12.5 Å². The van der Waals surface area contributed by atoms with E-state index in [9.17, 15) is 0 Å². The van der Waals surface area contributed by atoms with Gasteiger partial charge in [-0.3, -0.25) is 0 Å². The van der Waals surface area contributed by atoms with Gasteiger partial charge in [-0.25, -0.2) is 0 Å². The van der Waals surface area contributed by atoms with Gasteiger partial charge in [0.05, 0.1) is 0 Å². The standard InChI is InChI=1S/C9H12BrNO/c1-11-7-2-3-8-6(4-7)5-9(10)12-8/h5,7,11H,2-4H2,1H3. The van der Waals surface area contributed by atoms with E-state index in [0.29, 0.717) is 6.04 Å². The van der Waals surface area contributed by atoms with Gasteiger partial charge in [0.1, 0.15) is 5.76 Å². The molecule has 0 saturated carbocycles. The molecule has 1 N–H and O–H groups in total. The van der Waals surface area contributed by atoms with Crippen LogP contribution in [0.25, 0.3) is 0 Å². The van der Waals surface area contributed by atoms with E-state index in [1.54, 1.807) is 0 Å². The van der Waals surface area contributed by atoms with E-state index >= 15 is 0 Å². The molecule has 66 valence electrons. The van der Waals surface area contributed by atoms with E-state index in [4.69, 9.17) is 4.42 Å². The first kappa shape index (κ1) is 8.32. The van der Waals surface area contributed by atoms with Crippen LogP contribution in [0.2, 0.25) is 0 Å². The Morgan fingerprint density at radius 3 is 3.25 bits per heavy atom. The molecule has 1 aromatic heterocycles. The molecule has 0 fully saturated rings. The van der Waals surface area contributed by atoms with Crippen molar-refractivity contribution in [1.82, 2.24) is 5.32 Å². The van der Waals surface area contributed by atoms with Gasteiger partial charge in [0.25, 0.3) is 0 Å². The van der Waals surface area contributed by atoms with Crippen LogP contribution in [-0.2, 0) is 12.8 Å². The van der Waals surface area contributed by atoms with Crippen molar-refractivity contribution >= 4 is 15.9 Å². The number of hydrogen-bond donors (Lipinski definition) is 1. The summed E-state index contributed by atoms with van der Waals surface area (Å²) in [5.41, 5.74) is 1.35. The van der Waals surface area contributed by atoms with Crippen molar-refractivity contribution in [1.29, 1.82) is 0 Å². The van der Waals surface area contributed by atoms with Crippen molar-refractivity contribution in [3.8, 4) is 0 Å². The fourth-order valence-electron chi connectivity index (χ4n) is 1.73. The normalized spacial score (nSPS) is 22.3. The molecule has 1 aliphatic rings. The van der Waals surface area contributed by atoms with Gasteiger partial charge in [0.2, 0.25) is 0 Å². The highest BCUT2D eigenvalue weighted by Crippen LogP contribution is 2.27. The highest BCUT2D eigenvalue weighted by molar-refractivity contribution is 9.10. The molecule has 0 spiro atoms. The number of nitrogens with one attached hydrogen (secondary N) is 1. The lowest BCUT2D eigenvalue weighted by Gasteiger charge is -2.19. The number of furan rings is 1. The van der Waals surface area contributed by atoms with Crippen LogP contribution in [0.15, 0.2) is 15.2 Å². The van der Waals surface area contributed by atoms with Crippen molar-refractivity contribution in [2.24, 2.45) is 0 Å². The molecule has 1 atom stereocenters. The zero-order valence-electron chi connectivity index (χ0n) is 7.06. The van der Waals surface area contributed by atoms with Gasteiger partial charge in [-0.2, -0.15) is 0 Å². The second-order valence-corrected chi connectivity index (χ2v) is 4.01. The van der Waals surface area contributed by atoms with Crippen LogP contribution < -0.4 is 5.32 Å². The average molecular weight is 230 g/mol. The predicted octanol–water partition coefficient (Wildman–Crippen LogP) is 2.12. The van der Waals surface area contributed by atoms with Crippen LogP contribution in [0.1, 0.15) is 17.7 Å². The quantitative estimate of drug-likeness (QED) is 0.799. The molecule has 3 heteroatoms. The first-order valence-electron chi connectivity index (χ1n) is 4.24. The molecule has 1 heterocycles. The summed E-state index contributed by atoms with van der Waals surface area (Å²) < 4.78 is 6.35. The molecule has 0 amide bonds. The second-order valence-electron chi connectivity index (χ2n) is 3.23. The lowest BCUT2D eigenvalue weighted by Crippen LogP contribution is -2.30. The third-order valence-corrected chi connectivity index (χ3v) is 2.85. The number of rotatable bonds is 1. The highest BCUT2D eigenvalue weighted by Gasteiger charge is 2.20. The number of halogens is 1. The summed E-state index contributed by atoms with van der Waals surface area (Å²) >= 11 is 3.35. The largest absolute Gasteiger partial charge is 0.454 e. The van der Waals surface area contributed by atoms with E-state index in [1.807, 2.05) is 7.05 Å². The minimum absolute atomic E-state index is 0.627. The Morgan fingerprint density at radius 1 is 1.67 bits per heavy atom. The lowest BCUT2D eigenvalue weighted by molar-refractivity contribution is 0.420. The first-order chi connectivity index (χ1) is 5.79. The molecule has 0 bridgehead atoms. The number of aryl methyl sites for hydroxylation is 1. The number of fused-ring (bicyclic) bond motifs is 1. The Hall–Kier alpha value is -0.280. The summed E-state index contributed by atoms with van der Waals surface area (Å²) in [5.74, 6) is 1.16. The van der Waals surface area contributed by atoms with Crippen LogP contribution in [0.3, 0.4) is 0 Å². The van der Waals surface area contributed by atoms with E-state index in [-0.39, 0.29) is 0 Å². The summed E-state index contributed by atoms with van der Waals surface area (Å²) in [6.07, 6.45) is 3.34. The lowest BCUT2D eigenvalue weighted by atomic mass is 9.94. The zero-order chi connectivity index (χ0) is 8.55. The average Bonchev–Trinajstić information content (AvgIpc) is 2.43. The molecule has 1 aliphatic carbocycles.